The molecule has 0 saturated carbocycles. The third-order valence-corrected chi connectivity index (χ3v) is 12.1. The number of primary amides is 2. The molecule has 0 aliphatic rings. The van der Waals surface area contributed by atoms with Crippen molar-refractivity contribution < 1.29 is 83.1 Å². The molecule has 10 amide bonds. The van der Waals surface area contributed by atoms with Crippen LogP contribution in [0, 0.1) is 11.8 Å². The molecular weight excluding hydrogens is 1040 g/mol. The van der Waals surface area contributed by atoms with Gasteiger partial charge in [0.15, 0.2) is 12.0 Å². The second-order valence-electron chi connectivity index (χ2n) is 19.2. The zero-order valence-electron chi connectivity index (χ0n) is 44.9. The van der Waals surface area contributed by atoms with Gasteiger partial charge < -0.3 is 96.7 Å². The zero-order valence-corrected chi connectivity index (χ0v) is 44.9. The van der Waals surface area contributed by atoms with Crippen LogP contribution in [-0.2, 0) is 64.0 Å². The van der Waals surface area contributed by atoms with Gasteiger partial charge in [-0.3, -0.25) is 57.7 Å². The number of carbonyl (C=O) groups excluding carboxylic acids is 10. The topological polar surface area (TPSA) is 545 Å². The maximum absolute atomic E-state index is 14.4. The quantitative estimate of drug-likeness (QED) is 0.0169. The van der Waals surface area contributed by atoms with Crippen LogP contribution in [0.5, 0.6) is 5.75 Å². The van der Waals surface area contributed by atoms with E-state index in [9.17, 15) is 78.0 Å². The number of hydrogen-bond acceptors (Lipinski definition) is 17. The monoisotopic (exact) mass is 1120 g/mol. The van der Waals surface area contributed by atoms with Crippen molar-refractivity contribution in [3.8, 4) is 5.75 Å². The first-order valence-electron chi connectivity index (χ1n) is 25.2. The van der Waals surface area contributed by atoms with Crippen molar-refractivity contribution in [3.05, 3.63) is 29.8 Å². The van der Waals surface area contributed by atoms with Crippen LogP contribution in [0.25, 0.3) is 0 Å². The number of nitrogens with one attached hydrogen (secondary N) is 8. The first-order chi connectivity index (χ1) is 36.8. The van der Waals surface area contributed by atoms with E-state index in [1.165, 1.54) is 38.1 Å². The molecule has 1 rings (SSSR count). The molecular formula is C48H78N14O17. The number of aromatic hydroxyl groups is 1. The van der Waals surface area contributed by atoms with E-state index >= 15 is 0 Å². The van der Waals surface area contributed by atoms with Gasteiger partial charge in [-0.1, -0.05) is 46.2 Å². The lowest BCUT2D eigenvalue weighted by Crippen LogP contribution is -2.62. The number of nitrogens with zero attached hydrogens (tertiary/aromatic N) is 1. The van der Waals surface area contributed by atoms with Crippen LogP contribution in [0.1, 0.15) is 98.5 Å². The highest BCUT2D eigenvalue weighted by molar-refractivity contribution is 5.99. The molecule has 0 unspecified atom stereocenters. The second kappa shape index (κ2) is 33.9. The van der Waals surface area contributed by atoms with Crippen molar-refractivity contribution in [2.45, 2.75) is 166 Å². The predicted molar refractivity (Wildman–Crippen MR) is 280 cm³/mol. The molecule has 0 aliphatic heterocycles. The molecule has 1 aromatic carbocycles. The average molecular weight is 1120 g/mol. The molecule has 31 heteroatoms. The van der Waals surface area contributed by atoms with Gasteiger partial charge in [-0.15, -0.1) is 0 Å². The molecule has 442 valence electrons. The Labute approximate surface area is 455 Å². The number of carboxylic acid groups (broad SMARTS) is 2. The minimum Gasteiger partial charge on any atom is -0.508 e. The zero-order chi connectivity index (χ0) is 60.4. The molecule has 0 spiro atoms. The Morgan fingerprint density at radius 1 is 0.532 bits per heavy atom. The summed E-state index contributed by atoms with van der Waals surface area (Å²) in [5.74, 6) is -15.3. The van der Waals surface area contributed by atoms with Gasteiger partial charge in [0.2, 0.25) is 59.1 Å². The van der Waals surface area contributed by atoms with Crippen LogP contribution in [0.15, 0.2) is 29.3 Å². The summed E-state index contributed by atoms with van der Waals surface area (Å²) in [6, 6.07) is -9.50. The third-order valence-electron chi connectivity index (χ3n) is 12.1. The molecule has 31 nitrogen and oxygen atoms in total. The Hall–Kier alpha value is -8.19. The average Bonchev–Trinajstić information content (AvgIpc) is 3.35. The van der Waals surface area contributed by atoms with Crippen molar-refractivity contribution in [2.24, 2.45) is 45.5 Å². The van der Waals surface area contributed by atoms with Crippen LogP contribution in [0.2, 0.25) is 0 Å². The fraction of sp³-hybridized carbons (Fsp3) is 0.604. The molecule has 0 aromatic heterocycles. The van der Waals surface area contributed by atoms with Gasteiger partial charge >= 0.3 is 11.9 Å². The van der Waals surface area contributed by atoms with Crippen LogP contribution < -0.4 is 71.2 Å². The van der Waals surface area contributed by atoms with Crippen molar-refractivity contribution in [1.29, 1.82) is 0 Å². The molecule has 0 heterocycles. The van der Waals surface area contributed by atoms with Crippen LogP contribution in [-0.4, -0.2) is 176 Å². The molecule has 1 aromatic rings. The van der Waals surface area contributed by atoms with E-state index in [1.54, 1.807) is 13.8 Å². The molecule has 0 radical (unpaired) electrons. The Morgan fingerprint density at radius 2 is 0.937 bits per heavy atom. The minimum absolute atomic E-state index is 0.0200. The number of nitrogens with two attached hydrogens (primary N) is 5. The van der Waals surface area contributed by atoms with E-state index in [2.05, 4.69) is 47.5 Å². The van der Waals surface area contributed by atoms with Gasteiger partial charge in [0.25, 0.3) is 0 Å². The maximum Gasteiger partial charge on any atom is 0.328 e. The Morgan fingerprint density at radius 3 is 1.37 bits per heavy atom. The Kier molecular flexibility index (Phi) is 29.5. The maximum atomic E-state index is 14.4. The number of phenolic OH excluding ortho intramolecular Hbond substituents is 1. The molecule has 12 atom stereocenters. The fourth-order valence-electron chi connectivity index (χ4n) is 7.35. The molecule has 23 N–H and O–H groups in total. The number of amides is 10. The summed E-state index contributed by atoms with van der Waals surface area (Å²) in [7, 11) is 0. The van der Waals surface area contributed by atoms with Crippen LogP contribution >= 0.6 is 0 Å². The van der Waals surface area contributed by atoms with E-state index in [1.807, 2.05) is 0 Å². The highest BCUT2D eigenvalue weighted by Gasteiger charge is 2.38. The lowest BCUT2D eigenvalue weighted by Gasteiger charge is -2.30. The van der Waals surface area contributed by atoms with Gasteiger partial charge in [-0.2, -0.15) is 0 Å². The number of guanidine groups is 1. The third kappa shape index (κ3) is 25.2. The fourth-order valence-corrected chi connectivity index (χ4v) is 7.35. The molecule has 0 aliphatic carbocycles. The highest BCUT2D eigenvalue weighted by atomic mass is 16.4. The Bertz CT molecular complexity index is 2330. The molecule has 79 heavy (non-hydrogen) atoms. The number of aliphatic imine (C=N–C) groups is 1. The lowest BCUT2D eigenvalue weighted by molar-refractivity contribution is -0.145. The van der Waals surface area contributed by atoms with Crippen molar-refractivity contribution in [1.82, 2.24) is 42.5 Å². The van der Waals surface area contributed by atoms with Crippen LogP contribution in [0.4, 0.5) is 0 Å². The van der Waals surface area contributed by atoms with Crippen molar-refractivity contribution in [3.63, 3.8) is 0 Å². The van der Waals surface area contributed by atoms with Gasteiger partial charge in [0.05, 0.1) is 24.7 Å². The number of aliphatic carboxylic acids is 2. The summed E-state index contributed by atoms with van der Waals surface area (Å²) >= 11 is 0. The first-order valence-corrected chi connectivity index (χ1v) is 25.2. The summed E-state index contributed by atoms with van der Waals surface area (Å²) in [6.07, 6.45) is -6.38. The lowest BCUT2D eigenvalue weighted by atomic mass is 9.96. The number of rotatable bonds is 36. The Balaban J connectivity index is 3.68. The van der Waals surface area contributed by atoms with E-state index < -0.39 is 188 Å². The summed E-state index contributed by atoms with van der Waals surface area (Å²) in [4.78, 5) is 161. The SMILES string of the molecule is CC[C@H](C)[C@H](NC(=O)[C@H](CCC(N)=O)NC(=O)[C@H](Cc1ccc(O)cc1)NC(=O)[C@@H](NC(=O)[C@H](CCC(N)=O)NC(=O)[C@@H](NC(=O)[C@@H](N)CC(=O)O)C(C)C)[C@@H](C)O)C(=O)N[C@@H](CCCN=C(N)N)C(=O)N[C@H](C(=O)O)[C@@H](C)O. The minimum atomic E-state index is -1.94. The van der Waals surface area contributed by atoms with Crippen LogP contribution in [0.3, 0.4) is 0 Å². The number of aliphatic hydroxyl groups is 2. The second-order valence-corrected chi connectivity index (χ2v) is 19.2. The molecule has 0 bridgehead atoms. The van der Waals surface area contributed by atoms with Crippen molar-refractivity contribution >= 4 is 77.0 Å². The highest BCUT2D eigenvalue weighted by Crippen LogP contribution is 2.15. The predicted octanol–water partition coefficient (Wildman–Crippen LogP) is -6.25. The number of benzene rings is 1. The van der Waals surface area contributed by atoms with E-state index in [0.717, 1.165) is 13.8 Å². The van der Waals surface area contributed by atoms with Gasteiger partial charge in [0, 0.05) is 25.8 Å². The first kappa shape index (κ1) is 68.8. The number of hydrogen-bond donors (Lipinski definition) is 18. The number of phenols is 1. The standard InChI is InChI=1S/C48H78N14O17/c1-7-22(4)36(45(76)56-28(9-8-18-54-48(52)53)40(71)62-38(24(6)64)47(78)79)60-41(72)29(14-16-32(50)66)55-43(74)31(19-25-10-12-26(65)13-11-25)58-46(77)37(23(5)63)61-42(73)30(15-17-33(51)67)57-44(75)35(21(2)3)59-39(70)27(49)20-34(68)69/h10-13,21-24,27-31,35-38,63-65H,7-9,14-20,49H2,1-6H3,(H2,50,66)(H2,51,67)(H,55,74)(H,56,76)(H,57,75)(H,58,77)(H,59,70)(H,60,72)(H,61,73)(H,62,71)(H,68,69)(H,78,79)(H4,52,53,54)/t22-,23+,24+,27-,28-,29-,30-,31-,35-,36-,37-,38-/m0/s1. The number of carboxylic acids is 2. The number of carbonyl (C=O) groups is 12. The smallest absolute Gasteiger partial charge is 0.328 e. The van der Waals surface area contributed by atoms with Gasteiger partial charge in [0.1, 0.15) is 48.0 Å². The summed E-state index contributed by atoms with van der Waals surface area (Å²) in [6.45, 7) is 8.41. The summed E-state index contributed by atoms with van der Waals surface area (Å²) < 4.78 is 0. The van der Waals surface area contributed by atoms with Crippen molar-refractivity contribution in [2.75, 3.05) is 6.54 Å². The van der Waals surface area contributed by atoms with Gasteiger partial charge in [-0.05, 0) is 69.1 Å². The number of aliphatic hydroxyl groups excluding tert-OH is 2. The summed E-state index contributed by atoms with van der Waals surface area (Å²) in [5.41, 5.74) is 27.5. The van der Waals surface area contributed by atoms with E-state index in [-0.39, 0.29) is 37.5 Å². The van der Waals surface area contributed by atoms with Gasteiger partial charge in [-0.25, -0.2) is 4.79 Å². The summed E-state index contributed by atoms with van der Waals surface area (Å²) in [5, 5.41) is 68.5. The van der Waals surface area contributed by atoms with E-state index in [4.69, 9.17) is 33.8 Å². The van der Waals surface area contributed by atoms with E-state index in [0.29, 0.717) is 5.56 Å². The normalized spacial score (nSPS) is 15.6. The largest absolute Gasteiger partial charge is 0.508 e. The molecule has 0 saturated heterocycles. The molecule has 0 fully saturated rings.